The van der Waals surface area contributed by atoms with Crippen LogP contribution in [-0.2, 0) is 0 Å². The largest absolute Gasteiger partial charge is 0.391 e. The standard InChI is InChI=1S/C17H22N4O2/c22-15-7-3-6-14(15)20-8-10-21(11-9-20)17(23)16-12-4-1-2-5-13(12)18-19-16/h1-2,4-5,14-15,22H,3,6-11H2,(H,18,19)/t14-,15+/m1/s1. The third-order valence-corrected chi connectivity index (χ3v) is 5.19. The van der Waals surface area contributed by atoms with Gasteiger partial charge in [0.1, 0.15) is 0 Å². The highest BCUT2D eigenvalue weighted by molar-refractivity contribution is 6.04. The molecule has 2 N–H and O–H groups in total. The van der Waals surface area contributed by atoms with E-state index in [4.69, 9.17) is 0 Å². The molecule has 1 amide bonds. The van der Waals surface area contributed by atoms with Gasteiger partial charge in [-0.3, -0.25) is 14.8 Å². The first kappa shape index (κ1) is 14.7. The Labute approximate surface area is 135 Å². The molecule has 6 heteroatoms. The second kappa shape index (κ2) is 5.94. The van der Waals surface area contributed by atoms with E-state index in [9.17, 15) is 9.90 Å². The summed E-state index contributed by atoms with van der Waals surface area (Å²) in [6, 6.07) is 7.99. The smallest absolute Gasteiger partial charge is 0.275 e. The number of hydrogen-bond acceptors (Lipinski definition) is 4. The molecular formula is C17H22N4O2. The molecule has 0 spiro atoms. The molecule has 2 atom stereocenters. The van der Waals surface area contributed by atoms with E-state index in [1.165, 1.54) is 0 Å². The van der Waals surface area contributed by atoms with Crippen LogP contribution in [0.3, 0.4) is 0 Å². The van der Waals surface area contributed by atoms with Crippen molar-refractivity contribution in [2.75, 3.05) is 26.2 Å². The van der Waals surface area contributed by atoms with Gasteiger partial charge in [-0.2, -0.15) is 5.10 Å². The molecule has 2 aliphatic rings. The van der Waals surface area contributed by atoms with Crippen molar-refractivity contribution in [3.63, 3.8) is 0 Å². The number of amides is 1. The number of benzene rings is 1. The number of aromatic amines is 1. The fraction of sp³-hybridized carbons (Fsp3) is 0.529. The lowest BCUT2D eigenvalue weighted by Gasteiger charge is -2.38. The van der Waals surface area contributed by atoms with Crippen molar-refractivity contribution in [3.05, 3.63) is 30.0 Å². The van der Waals surface area contributed by atoms with Crippen molar-refractivity contribution in [3.8, 4) is 0 Å². The number of nitrogens with one attached hydrogen (secondary N) is 1. The molecule has 0 radical (unpaired) electrons. The lowest BCUT2D eigenvalue weighted by Crippen LogP contribution is -2.53. The average molecular weight is 314 g/mol. The van der Waals surface area contributed by atoms with Gasteiger partial charge in [-0.25, -0.2) is 0 Å². The molecular weight excluding hydrogens is 292 g/mol. The molecule has 1 aromatic carbocycles. The number of aromatic nitrogens is 2. The van der Waals surface area contributed by atoms with E-state index in [1.807, 2.05) is 29.2 Å². The molecule has 1 aliphatic heterocycles. The first-order valence-corrected chi connectivity index (χ1v) is 8.38. The van der Waals surface area contributed by atoms with Crippen molar-refractivity contribution in [2.24, 2.45) is 0 Å². The zero-order chi connectivity index (χ0) is 15.8. The summed E-state index contributed by atoms with van der Waals surface area (Å²) in [7, 11) is 0. The minimum absolute atomic E-state index is 0.00549. The van der Waals surface area contributed by atoms with Crippen LogP contribution in [-0.4, -0.2) is 69.3 Å². The fourth-order valence-corrected chi connectivity index (χ4v) is 3.88. The molecule has 1 aromatic heterocycles. The van der Waals surface area contributed by atoms with Crippen molar-refractivity contribution >= 4 is 16.8 Å². The number of rotatable bonds is 2. The molecule has 6 nitrogen and oxygen atoms in total. The number of fused-ring (bicyclic) bond motifs is 1. The number of hydrogen-bond donors (Lipinski definition) is 2. The second-order valence-electron chi connectivity index (χ2n) is 6.51. The van der Waals surface area contributed by atoms with Gasteiger partial charge in [0.25, 0.3) is 5.91 Å². The van der Waals surface area contributed by atoms with Crippen LogP contribution in [0.5, 0.6) is 0 Å². The Morgan fingerprint density at radius 3 is 2.70 bits per heavy atom. The Balaban J connectivity index is 1.45. The molecule has 0 unspecified atom stereocenters. The molecule has 2 heterocycles. The molecule has 2 fully saturated rings. The van der Waals surface area contributed by atoms with E-state index in [1.54, 1.807) is 0 Å². The van der Waals surface area contributed by atoms with Crippen LogP contribution in [0.1, 0.15) is 29.8 Å². The Morgan fingerprint density at radius 1 is 1.17 bits per heavy atom. The molecule has 1 saturated carbocycles. The number of nitrogens with zero attached hydrogens (tertiary/aromatic N) is 3. The summed E-state index contributed by atoms with van der Waals surface area (Å²) in [6.07, 6.45) is 2.87. The summed E-state index contributed by atoms with van der Waals surface area (Å²) >= 11 is 0. The zero-order valence-corrected chi connectivity index (χ0v) is 13.1. The number of aliphatic hydroxyl groups is 1. The van der Waals surface area contributed by atoms with Crippen molar-refractivity contribution < 1.29 is 9.90 Å². The maximum absolute atomic E-state index is 12.7. The van der Waals surface area contributed by atoms with Gasteiger partial charge in [-0.1, -0.05) is 18.2 Å². The summed E-state index contributed by atoms with van der Waals surface area (Å²) in [5.74, 6) is -0.00549. The molecule has 2 aromatic rings. The third kappa shape index (κ3) is 2.62. The van der Waals surface area contributed by atoms with E-state index >= 15 is 0 Å². The third-order valence-electron chi connectivity index (χ3n) is 5.19. The highest BCUT2D eigenvalue weighted by atomic mass is 16.3. The van der Waals surface area contributed by atoms with Crippen molar-refractivity contribution in [1.82, 2.24) is 20.0 Å². The number of para-hydroxylation sites is 1. The molecule has 4 rings (SSSR count). The maximum Gasteiger partial charge on any atom is 0.275 e. The molecule has 0 bridgehead atoms. The minimum atomic E-state index is -0.201. The van der Waals surface area contributed by atoms with Crippen LogP contribution < -0.4 is 0 Å². The van der Waals surface area contributed by atoms with Crippen LogP contribution in [0, 0.1) is 0 Å². The van der Waals surface area contributed by atoms with Crippen LogP contribution in [0.25, 0.3) is 10.9 Å². The first-order valence-electron chi connectivity index (χ1n) is 8.38. The Kier molecular flexibility index (Phi) is 3.79. The van der Waals surface area contributed by atoms with Gasteiger partial charge < -0.3 is 10.0 Å². The number of piperazine rings is 1. The Hall–Kier alpha value is -1.92. The molecule has 122 valence electrons. The summed E-state index contributed by atoms with van der Waals surface area (Å²) < 4.78 is 0. The van der Waals surface area contributed by atoms with Crippen LogP contribution >= 0.6 is 0 Å². The van der Waals surface area contributed by atoms with Crippen LogP contribution in [0.4, 0.5) is 0 Å². The number of aliphatic hydroxyl groups excluding tert-OH is 1. The molecule has 1 saturated heterocycles. The predicted octanol–water partition coefficient (Wildman–Crippen LogP) is 1.23. The minimum Gasteiger partial charge on any atom is -0.391 e. The van der Waals surface area contributed by atoms with E-state index in [-0.39, 0.29) is 18.1 Å². The Bertz CT molecular complexity index is 705. The van der Waals surface area contributed by atoms with Crippen LogP contribution in [0.15, 0.2) is 24.3 Å². The van der Waals surface area contributed by atoms with Crippen LogP contribution in [0.2, 0.25) is 0 Å². The Morgan fingerprint density at radius 2 is 1.96 bits per heavy atom. The zero-order valence-electron chi connectivity index (χ0n) is 13.1. The second-order valence-corrected chi connectivity index (χ2v) is 6.51. The van der Waals surface area contributed by atoms with Crippen molar-refractivity contribution in [1.29, 1.82) is 0 Å². The predicted molar refractivity (Wildman–Crippen MR) is 87.2 cm³/mol. The topological polar surface area (TPSA) is 72.5 Å². The first-order chi connectivity index (χ1) is 11.2. The lowest BCUT2D eigenvalue weighted by atomic mass is 10.1. The van der Waals surface area contributed by atoms with Gasteiger partial charge in [0.2, 0.25) is 0 Å². The van der Waals surface area contributed by atoms with Gasteiger partial charge in [0.15, 0.2) is 5.69 Å². The maximum atomic E-state index is 12.7. The lowest BCUT2D eigenvalue weighted by molar-refractivity contribution is 0.0314. The van der Waals surface area contributed by atoms with E-state index < -0.39 is 0 Å². The fourth-order valence-electron chi connectivity index (χ4n) is 3.88. The van der Waals surface area contributed by atoms with E-state index in [0.717, 1.165) is 43.3 Å². The summed E-state index contributed by atoms with van der Waals surface area (Å²) in [5, 5.41) is 18.1. The average Bonchev–Trinajstić information content (AvgIpc) is 3.20. The van der Waals surface area contributed by atoms with Gasteiger partial charge in [0, 0.05) is 37.6 Å². The summed E-state index contributed by atoms with van der Waals surface area (Å²) in [6.45, 7) is 3.05. The van der Waals surface area contributed by atoms with Crippen molar-refractivity contribution in [2.45, 2.75) is 31.4 Å². The summed E-state index contributed by atoms with van der Waals surface area (Å²) in [4.78, 5) is 17.0. The molecule has 23 heavy (non-hydrogen) atoms. The van der Waals surface area contributed by atoms with Gasteiger partial charge in [-0.05, 0) is 25.3 Å². The highest BCUT2D eigenvalue weighted by Crippen LogP contribution is 2.25. The normalized spacial score (nSPS) is 26.0. The van der Waals surface area contributed by atoms with Gasteiger partial charge >= 0.3 is 0 Å². The summed E-state index contributed by atoms with van der Waals surface area (Å²) in [5.41, 5.74) is 1.40. The SMILES string of the molecule is O=C(c1n[nH]c2ccccc12)N1CCN([C@@H]2CCC[C@@H]2O)CC1. The highest BCUT2D eigenvalue weighted by Gasteiger charge is 2.34. The van der Waals surface area contributed by atoms with Gasteiger partial charge in [0.05, 0.1) is 11.6 Å². The number of carbonyl (C=O) groups excluding carboxylic acids is 1. The number of carbonyl (C=O) groups is 1. The van der Waals surface area contributed by atoms with E-state index in [0.29, 0.717) is 18.8 Å². The quantitative estimate of drug-likeness (QED) is 0.874. The number of H-pyrrole nitrogens is 1. The van der Waals surface area contributed by atoms with Gasteiger partial charge in [-0.15, -0.1) is 0 Å². The van der Waals surface area contributed by atoms with E-state index in [2.05, 4.69) is 15.1 Å². The molecule has 1 aliphatic carbocycles. The monoisotopic (exact) mass is 314 g/mol.